The quantitative estimate of drug-likeness (QED) is 0.857. The lowest BCUT2D eigenvalue weighted by Crippen LogP contribution is -2.12. The average molecular weight is 228 g/mol. The number of nitrogens with zero attached hydrogens (tertiary/aromatic N) is 1. The van der Waals surface area contributed by atoms with Crippen LogP contribution in [-0.4, -0.2) is 10.9 Å². The number of carbonyl (C=O) groups is 1. The van der Waals surface area contributed by atoms with Crippen LogP contribution in [0, 0.1) is 6.92 Å². The van der Waals surface area contributed by atoms with Crippen LogP contribution >= 0.6 is 0 Å². The summed E-state index contributed by atoms with van der Waals surface area (Å²) in [6.45, 7) is 1.99. The molecule has 3 heteroatoms. The summed E-state index contributed by atoms with van der Waals surface area (Å²) in [5.74, 6) is 0.423. The minimum atomic E-state index is -0.140. The van der Waals surface area contributed by atoms with Crippen molar-refractivity contribution in [3.63, 3.8) is 0 Å². The van der Waals surface area contributed by atoms with Crippen molar-refractivity contribution in [3.05, 3.63) is 59.8 Å². The van der Waals surface area contributed by atoms with E-state index in [-0.39, 0.29) is 13.3 Å². The van der Waals surface area contributed by atoms with Crippen LogP contribution in [0.5, 0.6) is 0 Å². The number of carbonyl (C=O) groups excluding carboxylic acids is 1. The Bertz CT molecular complexity index is 477. The minimum Gasteiger partial charge on any atom is -0.307 e. The number of hydrogen-bond donors (Lipinski definition) is 1. The van der Waals surface area contributed by atoms with E-state index >= 15 is 0 Å². The summed E-state index contributed by atoms with van der Waals surface area (Å²) < 4.78 is 0. The van der Waals surface area contributed by atoms with Crippen molar-refractivity contribution in [2.75, 3.05) is 5.32 Å². The van der Waals surface area contributed by atoms with Crippen molar-refractivity contribution in [2.45, 2.75) is 14.4 Å². The molecule has 0 aliphatic heterocycles. The molecule has 0 aliphatic carbocycles. The van der Waals surface area contributed by atoms with Gasteiger partial charge in [0.05, 0.1) is 0 Å². The van der Waals surface area contributed by atoms with Crippen molar-refractivity contribution < 1.29 is 4.79 Å². The Morgan fingerprint density at radius 3 is 2.41 bits per heavy atom. The molecule has 0 saturated carbocycles. The first-order valence-electron chi connectivity index (χ1n) is 5.05. The van der Waals surface area contributed by atoms with Crippen LogP contribution in [0.2, 0.25) is 0 Å². The van der Waals surface area contributed by atoms with E-state index in [1.54, 1.807) is 24.4 Å². The summed E-state index contributed by atoms with van der Waals surface area (Å²) in [6.07, 6.45) is 1.64. The van der Waals surface area contributed by atoms with Crippen LogP contribution in [0.25, 0.3) is 0 Å². The highest BCUT2D eigenvalue weighted by molar-refractivity contribution is 6.03. The van der Waals surface area contributed by atoms with Crippen molar-refractivity contribution in [1.82, 2.24) is 4.98 Å². The van der Waals surface area contributed by atoms with Crippen LogP contribution in [-0.2, 0) is 0 Å². The van der Waals surface area contributed by atoms with E-state index in [0.29, 0.717) is 11.4 Å². The van der Waals surface area contributed by atoms with Gasteiger partial charge in [-0.15, -0.1) is 0 Å². The Balaban J connectivity index is 0.00000144. The molecule has 0 fully saturated rings. The zero-order valence-corrected chi connectivity index (χ0v) is 8.97. The van der Waals surface area contributed by atoms with Gasteiger partial charge in [0.25, 0.3) is 5.91 Å². The fourth-order valence-electron chi connectivity index (χ4n) is 1.33. The molecule has 0 radical (unpaired) electrons. The van der Waals surface area contributed by atoms with E-state index < -0.39 is 0 Å². The van der Waals surface area contributed by atoms with Gasteiger partial charge in [-0.1, -0.05) is 31.2 Å². The predicted molar refractivity (Wildman–Crippen MR) is 70.1 cm³/mol. The van der Waals surface area contributed by atoms with Crippen molar-refractivity contribution in [3.8, 4) is 0 Å². The van der Waals surface area contributed by atoms with E-state index in [0.717, 1.165) is 5.56 Å². The monoisotopic (exact) mass is 228 g/mol. The van der Waals surface area contributed by atoms with Crippen molar-refractivity contribution in [2.24, 2.45) is 0 Å². The molecule has 3 nitrogen and oxygen atoms in total. The topological polar surface area (TPSA) is 42.0 Å². The maximum absolute atomic E-state index is 11.8. The predicted octanol–water partition coefficient (Wildman–Crippen LogP) is 3.28. The molecule has 0 bridgehead atoms. The molecule has 2 aromatic rings. The number of aromatic nitrogens is 1. The first kappa shape index (κ1) is 12.9. The molecule has 88 valence electrons. The summed E-state index contributed by atoms with van der Waals surface area (Å²) in [4.78, 5) is 15.8. The van der Waals surface area contributed by atoms with Gasteiger partial charge in [-0.05, 0) is 31.2 Å². The summed E-state index contributed by atoms with van der Waals surface area (Å²) in [7, 11) is 0. The Labute approximate surface area is 102 Å². The van der Waals surface area contributed by atoms with Gasteiger partial charge in [-0.25, -0.2) is 4.98 Å². The molecule has 1 amide bonds. The van der Waals surface area contributed by atoms with Crippen LogP contribution in [0.3, 0.4) is 0 Å². The number of aryl methyl sites for hydroxylation is 1. The van der Waals surface area contributed by atoms with E-state index in [9.17, 15) is 4.79 Å². The molecule has 1 aromatic heterocycles. The van der Waals surface area contributed by atoms with Gasteiger partial charge in [0.1, 0.15) is 5.82 Å². The second-order valence-electron chi connectivity index (χ2n) is 3.54. The van der Waals surface area contributed by atoms with Gasteiger partial charge in [0, 0.05) is 11.8 Å². The van der Waals surface area contributed by atoms with E-state index in [1.807, 2.05) is 31.2 Å². The second kappa shape index (κ2) is 5.80. The highest BCUT2D eigenvalue weighted by Crippen LogP contribution is 2.07. The summed E-state index contributed by atoms with van der Waals surface area (Å²) in [5.41, 5.74) is 1.77. The Morgan fingerprint density at radius 2 is 1.82 bits per heavy atom. The van der Waals surface area contributed by atoms with Gasteiger partial charge in [-0.2, -0.15) is 0 Å². The fourth-order valence-corrected chi connectivity index (χ4v) is 1.33. The van der Waals surface area contributed by atoms with Crippen LogP contribution in [0.4, 0.5) is 5.82 Å². The standard InChI is InChI=1S/C13H12N2O.CH4/c1-10-5-7-11(8-6-10)13(16)15-12-4-2-3-9-14-12;/h2-9H,1H3,(H,14,15,16);1H4. The number of nitrogens with one attached hydrogen (secondary N) is 1. The van der Waals surface area contributed by atoms with E-state index in [1.165, 1.54) is 0 Å². The molecule has 0 atom stereocenters. The largest absolute Gasteiger partial charge is 0.307 e. The third-order valence-corrected chi connectivity index (χ3v) is 2.22. The number of anilines is 1. The van der Waals surface area contributed by atoms with Gasteiger partial charge in [-0.3, -0.25) is 4.79 Å². The lowest BCUT2D eigenvalue weighted by molar-refractivity contribution is 0.102. The number of hydrogen-bond acceptors (Lipinski definition) is 2. The van der Waals surface area contributed by atoms with Crippen LogP contribution in [0.1, 0.15) is 23.3 Å². The first-order valence-corrected chi connectivity index (χ1v) is 5.05. The molecule has 2 rings (SSSR count). The average Bonchev–Trinajstić information content (AvgIpc) is 2.31. The SMILES string of the molecule is C.Cc1ccc(C(=O)Nc2ccccn2)cc1. The Kier molecular flexibility index (Phi) is 4.40. The molecule has 0 aliphatic rings. The number of amides is 1. The molecule has 1 heterocycles. The molecule has 0 unspecified atom stereocenters. The summed E-state index contributed by atoms with van der Waals surface area (Å²) >= 11 is 0. The zero-order valence-electron chi connectivity index (χ0n) is 8.97. The third kappa shape index (κ3) is 3.41. The van der Waals surface area contributed by atoms with Gasteiger partial charge in [0.2, 0.25) is 0 Å². The first-order chi connectivity index (χ1) is 7.75. The van der Waals surface area contributed by atoms with E-state index in [2.05, 4.69) is 10.3 Å². The lowest BCUT2D eigenvalue weighted by Gasteiger charge is -2.03. The van der Waals surface area contributed by atoms with Crippen LogP contribution in [0.15, 0.2) is 48.7 Å². The number of pyridine rings is 1. The van der Waals surface area contributed by atoms with Gasteiger partial charge < -0.3 is 5.32 Å². The summed E-state index contributed by atoms with van der Waals surface area (Å²) in [6, 6.07) is 12.8. The molecule has 0 saturated heterocycles. The molecule has 1 aromatic carbocycles. The number of benzene rings is 1. The Hall–Kier alpha value is -2.16. The minimum absolute atomic E-state index is 0. The molecule has 17 heavy (non-hydrogen) atoms. The summed E-state index contributed by atoms with van der Waals surface area (Å²) in [5, 5.41) is 2.73. The number of rotatable bonds is 2. The molecule has 0 spiro atoms. The van der Waals surface area contributed by atoms with Crippen molar-refractivity contribution >= 4 is 11.7 Å². The zero-order chi connectivity index (χ0) is 11.4. The molecule has 1 N–H and O–H groups in total. The second-order valence-corrected chi connectivity index (χ2v) is 3.54. The lowest BCUT2D eigenvalue weighted by atomic mass is 10.1. The highest BCUT2D eigenvalue weighted by atomic mass is 16.1. The molecular formula is C14H16N2O. The Morgan fingerprint density at radius 1 is 1.12 bits per heavy atom. The maximum atomic E-state index is 11.8. The fraction of sp³-hybridized carbons (Fsp3) is 0.143. The van der Waals surface area contributed by atoms with E-state index in [4.69, 9.17) is 0 Å². The third-order valence-electron chi connectivity index (χ3n) is 2.22. The molecular weight excluding hydrogens is 212 g/mol. The van der Waals surface area contributed by atoms with Crippen LogP contribution < -0.4 is 5.32 Å². The highest BCUT2D eigenvalue weighted by Gasteiger charge is 2.05. The maximum Gasteiger partial charge on any atom is 0.256 e. The van der Waals surface area contributed by atoms with Gasteiger partial charge in [0.15, 0.2) is 0 Å². The van der Waals surface area contributed by atoms with Crippen molar-refractivity contribution in [1.29, 1.82) is 0 Å². The smallest absolute Gasteiger partial charge is 0.256 e. The van der Waals surface area contributed by atoms with Gasteiger partial charge >= 0.3 is 0 Å². The normalized spacial score (nSPS) is 9.24.